The van der Waals surface area contributed by atoms with Gasteiger partial charge in [-0.3, -0.25) is 19.3 Å². The van der Waals surface area contributed by atoms with Gasteiger partial charge in [-0.15, -0.1) is 0 Å². The van der Waals surface area contributed by atoms with Gasteiger partial charge in [-0.05, 0) is 48.7 Å². The lowest BCUT2D eigenvalue weighted by molar-refractivity contribution is -0.138. The predicted octanol–water partition coefficient (Wildman–Crippen LogP) is 3.35. The molecule has 1 aliphatic carbocycles. The number of ether oxygens (including phenoxy) is 2. The molecule has 1 atom stereocenters. The summed E-state index contributed by atoms with van der Waals surface area (Å²) in [5.74, 6) is -0.646. The Kier molecular flexibility index (Phi) is 9.57. The lowest BCUT2D eigenvalue weighted by Gasteiger charge is -2.26. The van der Waals surface area contributed by atoms with E-state index in [-0.39, 0.29) is 18.0 Å². The molecule has 2 aromatic carbocycles. The minimum atomic E-state index is -0.761. The van der Waals surface area contributed by atoms with Crippen LogP contribution in [0.25, 0.3) is 17.1 Å². The van der Waals surface area contributed by atoms with Gasteiger partial charge in [0, 0.05) is 50.1 Å². The molecule has 1 saturated heterocycles. The second-order valence-electron chi connectivity index (χ2n) is 11.2. The van der Waals surface area contributed by atoms with Crippen LogP contribution in [0.5, 0.6) is 5.75 Å². The van der Waals surface area contributed by atoms with E-state index in [1.165, 1.54) is 0 Å². The van der Waals surface area contributed by atoms with Crippen molar-refractivity contribution in [3.63, 3.8) is 0 Å². The highest BCUT2D eigenvalue weighted by Crippen LogP contribution is 2.24. The molecule has 2 amide bonds. The summed E-state index contributed by atoms with van der Waals surface area (Å²) in [4.78, 5) is 46.0. The van der Waals surface area contributed by atoms with Crippen LogP contribution < -0.4 is 15.4 Å². The SMILES string of the molecule is O=C(CC(NC(=O)c1cccnc1-n1ccc(-c2ccccc2)n1)c1ccc(OCCN2CCOCC2)cc1)C(=O)NC1CC1. The molecule has 2 aliphatic rings. The molecule has 45 heavy (non-hydrogen) atoms. The number of ketones is 1. The summed E-state index contributed by atoms with van der Waals surface area (Å²) in [5, 5.41) is 10.4. The van der Waals surface area contributed by atoms with Crippen molar-refractivity contribution in [1.82, 2.24) is 30.3 Å². The number of Topliss-reactive ketones (excluding diaryl/α,β-unsaturated/α-hetero) is 1. The van der Waals surface area contributed by atoms with Gasteiger partial charge in [0.25, 0.3) is 11.8 Å². The van der Waals surface area contributed by atoms with Crippen LogP contribution in [0.15, 0.2) is 85.2 Å². The van der Waals surface area contributed by atoms with Crippen molar-refractivity contribution in [3.8, 4) is 22.8 Å². The Morgan fingerprint density at radius 2 is 1.73 bits per heavy atom. The molecular formula is C34H36N6O5. The highest BCUT2D eigenvalue weighted by molar-refractivity contribution is 6.36. The van der Waals surface area contributed by atoms with E-state index in [1.54, 1.807) is 29.2 Å². The van der Waals surface area contributed by atoms with Crippen molar-refractivity contribution in [2.24, 2.45) is 0 Å². The van der Waals surface area contributed by atoms with Gasteiger partial charge in [0.15, 0.2) is 5.82 Å². The fraction of sp³-hybridized carbons (Fsp3) is 0.324. The van der Waals surface area contributed by atoms with E-state index in [2.05, 4.69) is 25.6 Å². The zero-order chi connectivity index (χ0) is 31.0. The lowest BCUT2D eigenvalue weighted by Crippen LogP contribution is -2.38. The van der Waals surface area contributed by atoms with E-state index in [0.29, 0.717) is 23.7 Å². The average Bonchev–Trinajstić information content (AvgIpc) is 3.76. The fourth-order valence-corrected chi connectivity index (χ4v) is 5.14. The van der Waals surface area contributed by atoms with Crippen molar-refractivity contribution in [2.75, 3.05) is 39.5 Å². The minimum Gasteiger partial charge on any atom is -0.492 e. The van der Waals surface area contributed by atoms with Crippen molar-refractivity contribution < 1.29 is 23.9 Å². The Bertz CT molecular complexity index is 1610. The molecule has 2 aromatic heterocycles. The van der Waals surface area contributed by atoms with Crippen LogP contribution in [0.1, 0.15) is 41.2 Å². The number of carbonyl (C=O) groups excluding carboxylic acids is 3. The molecular weight excluding hydrogens is 572 g/mol. The smallest absolute Gasteiger partial charge is 0.287 e. The van der Waals surface area contributed by atoms with Crippen molar-refractivity contribution in [1.29, 1.82) is 0 Å². The number of hydrogen-bond acceptors (Lipinski definition) is 8. The largest absolute Gasteiger partial charge is 0.492 e. The van der Waals surface area contributed by atoms with Gasteiger partial charge in [-0.25, -0.2) is 9.67 Å². The van der Waals surface area contributed by atoms with Gasteiger partial charge < -0.3 is 20.1 Å². The summed E-state index contributed by atoms with van der Waals surface area (Å²) in [6.07, 6.45) is 4.89. The molecule has 1 unspecified atom stereocenters. The monoisotopic (exact) mass is 608 g/mol. The van der Waals surface area contributed by atoms with Crippen molar-refractivity contribution in [3.05, 3.63) is 96.3 Å². The average molecular weight is 609 g/mol. The number of nitrogens with one attached hydrogen (secondary N) is 2. The van der Waals surface area contributed by atoms with Crippen molar-refractivity contribution >= 4 is 17.6 Å². The van der Waals surface area contributed by atoms with Crippen LogP contribution in [-0.4, -0.2) is 82.8 Å². The lowest BCUT2D eigenvalue weighted by atomic mass is 10.00. The van der Waals surface area contributed by atoms with Gasteiger partial charge in [-0.2, -0.15) is 5.10 Å². The summed E-state index contributed by atoms with van der Waals surface area (Å²) < 4.78 is 12.9. The molecule has 6 rings (SSSR count). The molecule has 0 spiro atoms. The van der Waals surface area contributed by atoms with Crippen LogP contribution >= 0.6 is 0 Å². The number of rotatable bonds is 13. The summed E-state index contributed by atoms with van der Waals surface area (Å²) in [5.41, 5.74) is 2.63. The minimum absolute atomic E-state index is 0.0520. The second-order valence-corrected chi connectivity index (χ2v) is 11.2. The van der Waals surface area contributed by atoms with Crippen LogP contribution in [-0.2, 0) is 14.3 Å². The number of nitrogens with zero attached hydrogens (tertiary/aromatic N) is 4. The first kappa shape index (κ1) is 30.2. The molecule has 232 valence electrons. The Morgan fingerprint density at radius 1 is 0.956 bits per heavy atom. The molecule has 2 N–H and O–H groups in total. The van der Waals surface area contributed by atoms with Crippen LogP contribution in [0.4, 0.5) is 0 Å². The van der Waals surface area contributed by atoms with E-state index in [0.717, 1.165) is 56.9 Å². The normalized spacial score (nSPS) is 15.6. The number of carbonyl (C=O) groups is 3. The molecule has 11 heteroatoms. The van der Waals surface area contributed by atoms with Gasteiger partial charge in [0.1, 0.15) is 12.4 Å². The first-order chi connectivity index (χ1) is 22.0. The quantitative estimate of drug-likeness (QED) is 0.221. The number of aromatic nitrogens is 3. The maximum absolute atomic E-state index is 13.8. The van der Waals surface area contributed by atoms with Crippen molar-refractivity contribution in [2.45, 2.75) is 31.3 Å². The zero-order valence-electron chi connectivity index (χ0n) is 24.9. The van der Waals surface area contributed by atoms with E-state index in [4.69, 9.17) is 9.47 Å². The highest BCUT2D eigenvalue weighted by Gasteiger charge is 2.29. The molecule has 0 radical (unpaired) electrons. The molecule has 1 aliphatic heterocycles. The molecule has 3 heterocycles. The van der Waals surface area contributed by atoms with E-state index in [9.17, 15) is 14.4 Å². The Morgan fingerprint density at radius 3 is 2.49 bits per heavy atom. The first-order valence-electron chi connectivity index (χ1n) is 15.3. The van der Waals surface area contributed by atoms with Gasteiger partial charge in [-0.1, -0.05) is 42.5 Å². The maximum atomic E-state index is 13.8. The fourth-order valence-electron chi connectivity index (χ4n) is 5.14. The van der Waals surface area contributed by atoms with E-state index < -0.39 is 23.6 Å². The molecule has 4 aromatic rings. The summed E-state index contributed by atoms with van der Waals surface area (Å²) in [7, 11) is 0. The number of amides is 2. The Hall–Kier alpha value is -4.87. The molecule has 0 bridgehead atoms. The summed E-state index contributed by atoms with van der Waals surface area (Å²) >= 11 is 0. The standard InChI is InChI=1S/C34H36N6O5/c41-31(34(43)36-26-10-11-26)23-30(25-8-12-27(13-9-25)45-22-19-39-17-20-44-21-18-39)37-33(42)28-7-4-15-35-32(28)40-16-14-29(38-40)24-5-2-1-3-6-24/h1-9,12-16,26,30H,10-11,17-23H2,(H,36,43)(H,37,42). The second kappa shape index (κ2) is 14.3. The zero-order valence-corrected chi connectivity index (χ0v) is 24.9. The van der Waals surface area contributed by atoms with Gasteiger partial charge in [0.2, 0.25) is 5.78 Å². The number of pyridine rings is 1. The topological polar surface area (TPSA) is 128 Å². The third kappa shape index (κ3) is 8.00. The van der Waals surface area contributed by atoms with Gasteiger partial charge in [0.05, 0.1) is 30.5 Å². The number of benzene rings is 2. The molecule has 11 nitrogen and oxygen atoms in total. The maximum Gasteiger partial charge on any atom is 0.287 e. The van der Waals surface area contributed by atoms with Crippen LogP contribution in [0.2, 0.25) is 0 Å². The number of hydrogen-bond donors (Lipinski definition) is 2. The predicted molar refractivity (Wildman–Crippen MR) is 167 cm³/mol. The highest BCUT2D eigenvalue weighted by atomic mass is 16.5. The third-order valence-electron chi connectivity index (χ3n) is 7.83. The summed E-state index contributed by atoms with van der Waals surface area (Å²) in [6.45, 7) is 4.57. The van der Waals surface area contributed by atoms with E-state index >= 15 is 0 Å². The third-order valence-corrected chi connectivity index (χ3v) is 7.83. The first-order valence-corrected chi connectivity index (χ1v) is 15.3. The van der Waals surface area contributed by atoms with Gasteiger partial charge >= 0.3 is 0 Å². The molecule has 1 saturated carbocycles. The Balaban J connectivity index is 1.18. The van der Waals surface area contributed by atoms with Crippen LogP contribution in [0.3, 0.4) is 0 Å². The molecule has 2 fully saturated rings. The number of morpholine rings is 1. The van der Waals surface area contributed by atoms with Crippen LogP contribution in [0, 0.1) is 0 Å². The Labute approximate surface area is 261 Å². The summed E-state index contributed by atoms with van der Waals surface area (Å²) in [6, 6.07) is 21.4. The van der Waals surface area contributed by atoms with E-state index in [1.807, 2.05) is 60.7 Å².